The van der Waals surface area contributed by atoms with Crippen molar-refractivity contribution in [2.45, 2.75) is 50.3 Å². The Bertz CT molecular complexity index is 396. The van der Waals surface area contributed by atoms with Gasteiger partial charge in [-0.25, -0.2) is 13.2 Å². The van der Waals surface area contributed by atoms with E-state index in [0.717, 1.165) is 12.8 Å². The van der Waals surface area contributed by atoms with Gasteiger partial charge in [-0.2, -0.15) is 0 Å². The van der Waals surface area contributed by atoms with Gasteiger partial charge in [0.05, 0.1) is 5.25 Å². The number of carbonyl (C=O) groups excluding carboxylic acids is 1. The van der Waals surface area contributed by atoms with Crippen LogP contribution in [0.1, 0.15) is 39.0 Å². The lowest BCUT2D eigenvalue weighted by Gasteiger charge is -2.39. The first-order chi connectivity index (χ1) is 8.53. The van der Waals surface area contributed by atoms with Gasteiger partial charge < -0.3 is 10.2 Å². The molecule has 1 aliphatic carbocycles. The van der Waals surface area contributed by atoms with Crippen LogP contribution in [0.25, 0.3) is 0 Å². The lowest BCUT2D eigenvalue weighted by Crippen LogP contribution is -2.60. The van der Waals surface area contributed by atoms with Gasteiger partial charge in [0, 0.05) is 24.9 Å². The topological polar surface area (TPSA) is 66.5 Å². The molecule has 1 saturated carbocycles. The van der Waals surface area contributed by atoms with Gasteiger partial charge >= 0.3 is 6.03 Å². The van der Waals surface area contributed by atoms with Crippen molar-refractivity contribution in [1.82, 2.24) is 10.2 Å². The van der Waals surface area contributed by atoms with E-state index in [2.05, 4.69) is 5.32 Å². The molecule has 18 heavy (non-hydrogen) atoms. The second kappa shape index (κ2) is 5.47. The zero-order valence-corrected chi connectivity index (χ0v) is 11.7. The molecule has 104 valence electrons. The van der Waals surface area contributed by atoms with Crippen LogP contribution in [0.2, 0.25) is 0 Å². The lowest BCUT2D eigenvalue weighted by molar-refractivity contribution is 0.162. The SMILES string of the molecule is CCS(=O)(=O)C1CN(C(=O)NC2CCCCC2)C1. The standard InChI is InChI=1S/C12H22N2O3S/c1-2-18(16,17)11-8-14(9-11)12(15)13-10-6-4-3-5-7-10/h10-11H,2-9H2,1H3,(H,13,15). The normalized spacial score (nSPS) is 22.6. The Morgan fingerprint density at radius 2 is 1.83 bits per heavy atom. The second-order valence-electron chi connectivity index (χ2n) is 5.26. The third-order valence-corrected chi connectivity index (χ3v) is 6.10. The summed E-state index contributed by atoms with van der Waals surface area (Å²) in [5.74, 6) is 0.162. The highest BCUT2D eigenvalue weighted by atomic mass is 32.2. The summed E-state index contributed by atoms with van der Waals surface area (Å²) in [6.07, 6.45) is 5.72. The molecule has 2 rings (SSSR count). The highest BCUT2D eigenvalue weighted by Gasteiger charge is 2.39. The number of rotatable bonds is 3. The van der Waals surface area contributed by atoms with Gasteiger partial charge in [-0.15, -0.1) is 0 Å². The highest BCUT2D eigenvalue weighted by Crippen LogP contribution is 2.20. The Hall–Kier alpha value is -0.780. The van der Waals surface area contributed by atoms with Crippen molar-refractivity contribution < 1.29 is 13.2 Å². The van der Waals surface area contributed by atoms with Crippen molar-refractivity contribution in [3.63, 3.8) is 0 Å². The second-order valence-corrected chi connectivity index (χ2v) is 7.83. The smallest absolute Gasteiger partial charge is 0.317 e. The summed E-state index contributed by atoms with van der Waals surface area (Å²) < 4.78 is 23.2. The minimum Gasteiger partial charge on any atom is -0.335 e. The van der Waals surface area contributed by atoms with Crippen LogP contribution in [0.15, 0.2) is 0 Å². The van der Waals surface area contributed by atoms with Crippen molar-refractivity contribution >= 4 is 15.9 Å². The summed E-state index contributed by atoms with van der Waals surface area (Å²) in [6.45, 7) is 2.36. The largest absolute Gasteiger partial charge is 0.335 e. The Labute approximate surface area is 109 Å². The monoisotopic (exact) mass is 274 g/mol. The van der Waals surface area contributed by atoms with Crippen LogP contribution in [0, 0.1) is 0 Å². The van der Waals surface area contributed by atoms with E-state index in [4.69, 9.17) is 0 Å². The van der Waals surface area contributed by atoms with Gasteiger partial charge in [-0.3, -0.25) is 0 Å². The van der Waals surface area contributed by atoms with Gasteiger partial charge in [-0.1, -0.05) is 26.2 Å². The number of amides is 2. The molecule has 0 aromatic carbocycles. The van der Waals surface area contributed by atoms with E-state index in [1.807, 2.05) is 0 Å². The fourth-order valence-corrected chi connectivity index (χ4v) is 3.87. The first-order valence-electron chi connectivity index (χ1n) is 6.80. The van der Waals surface area contributed by atoms with Crippen molar-refractivity contribution in [3.05, 3.63) is 0 Å². The van der Waals surface area contributed by atoms with E-state index in [1.54, 1.807) is 11.8 Å². The molecule has 0 spiro atoms. The zero-order valence-electron chi connectivity index (χ0n) is 10.9. The lowest BCUT2D eigenvalue weighted by atomic mass is 9.96. The summed E-state index contributed by atoms with van der Waals surface area (Å²) >= 11 is 0. The molecule has 1 saturated heterocycles. The summed E-state index contributed by atoms with van der Waals surface area (Å²) in [4.78, 5) is 13.5. The van der Waals surface area contributed by atoms with Crippen LogP contribution in [-0.4, -0.2) is 49.5 Å². The fraction of sp³-hybridized carbons (Fsp3) is 0.917. The highest BCUT2D eigenvalue weighted by molar-refractivity contribution is 7.92. The van der Waals surface area contributed by atoms with Crippen molar-refractivity contribution in [3.8, 4) is 0 Å². The fourth-order valence-electron chi connectivity index (χ4n) is 2.58. The molecule has 1 aliphatic heterocycles. The van der Waals surface area contributed by atoms with Crippen LogP contribution in [0.3, 0.4) is 0 Å². The molecule has 0 aromatic rings. The van der Waals surface area contributed by atoms with Crippen LogP contribution in [0.4, 0.5) is 4.79 Å². The number of hydrogen-bond acceptors (Lipinski definition) is 3. The van der Waals surface area contributed by atoms with Crippen molar-refractivity contribution in [2.24, 2.45) is 0 Å². The molecule has 2 amide bonds. The summed E-state index contributed by atoms with van der Waals surface area (Å²) in [5.41, 5.74) is 0. The molecule has 2 aliphatic rings. The molecule has 1 heterocycles. The molecule has 6 heteroatoms. The maximum atomic E-state index is 11.9. The average molecular weight is 274 g/mol. The van der Waals surface area contributed by atoms with E-state index in [9.17, 15) is 13.2 Å². The summed E-state index contributed by atoms with van der Waals surface area (Å²) in [7, 11) is -2.98. The molecular formula is C12H22N2O3S. The van der Waals surface area contributed by atoms with E-state index in [-0.39, 0.29) is 23.1 Å². The molecular weight excluding hydrogens is 252 g/mol. The number of sulfone groups is 1. The van der Waals surface area contributed by atoms with Crippen LogP contribution >= 0.6 is 0 Å². The molecule has 0 aromatic heterocycles. The average Bonchev–Trinajstić information content (AvgIpc) is 2.28. The maximum Gasteiger partial charge on any atom is 0.317 e. The molecule has 0 bridgehead atoms. The van der Waals surface area contributed by atoms with Gasteiger partial charge in [0.25, 0.3) is 0 Å². The Kier molecular flexibility index (Phi) is 4.14. The Morgan fingerprint density at radius 1 is 1.22 bits per heavy atom. The van der Waals surface area contributed by atoms with E-state index in [0.29, 0.717) is 13.1 Å². The number of nitrogens with one attached hydrogen (secondary N) is 1. The van der Waals surface area contributed by atoms with Gasteiger partial charge in [0.1, 0.15) is 0 Å². The van der Waals surface area contributed by atoms with E-state index in [1.165, 1.54) is 19.3 Å². The predicted octanol–water partition coefficient (Wildman–Crippen LogP) is 1.15. The molecule has 0 unspecified atom stereocenters. The maximum absolute atomic E-state index is 11.9. The zero-order chi connectivity index (χ0) is 13.2. The molecule has 5 nitrogen and oxygen atoms in total. The number of urea groups is 1. The minimum atomic E-state index is -2.98. The number of nitrogens with zero attached hydrogens (tertiary/aromatic N) is 1. The van der Waals surface area contributed by atoms with Gasteiger partial charge in [0.15, 0.2) is 9.84 Å². The molecule has 1 N–H and O–H groups in total. The first kappa shape index (κ1) is 13.6. The first-order valence-corrected chi connectivity index (χ1v) is 8.51. The van der Waals surface area contributed by atoms with E-state index >= 15 is 0 Å². The Balaban J connectivity index is 1.76. The molecule has 2 fully saturated rings. The summed E-state index contributed by atoms with van der Waals surface area (Å²) in [5, 5.41) is 2.66. The quantitative estimate of drug-likeness (QED) is 0.839. The van der Waals surface area contributed by atoms with Crippen molar-refractivity contribution in [1.29, 1.82) is 0 Å². The predicted molar refractivity (Wildman–Crippen MR) is 70.2 cm³/mol. The Morgan fingerprint density at radius 3 is 2.39 bits per heavy atom. The van der Waals surface area contributed by atoms with Gasteiger partial charge in [0.2, 0.25) is 0 Å². The molecule has 0 radical (unpaired) electrons. The minimum absolute atomic E-state index is 0.0931. The van der Waals surface area contributed by atoms with E-state index < -0.39 is 9.84 Å². The third kappa shape index (κ3) is 2.96. The van der Waals surface area contributed by atoms with Crippen LogP contribution in [0.5, 0.6) is 0 Å². The van der Waals surface area contributed by atoms with Crippen molar-refractivity contribution in [2.75, 3.05) is 18.8 Å². The summed E-state index contributed by atoms with van der Waals surface area (Å²) in [6, 6.07) is 0.192. The molecule has 0 atom stereocenters. The number of likely N-dealkylation sites (tertiary alicyclic amines) is 1. The van der Waals surface area contributed by atoms with Crippen LogP contribution in [-0.2, 0) is 9.84 Å². The van der Waals surface area contributed by atoms with Crippen LogP contribution < -0.4 is 5.32 Å². The third-order valence-electron chi connectivity index (χ3n) is 3.98. The number of carbonyl (C=O) groups is 1. The van der Waals surface area contributed by atoms with Gasteiger partial charge in [-0.05, 0) is 12.8 Å². The number of hydrogen-bond donors (Lipinski definition) is 1.